The SMILES string of the molecule is C=C1C=CC2C(C)(C)CC=CC12C. The highest BCUT2D eigenvalue weighted by molar-refractivity contribution is 5.40. The van der Waals surface area contributed by atoms with Crippen LogP contribution in [-0.4, -0.2) is 0 Å². The first-order valence-electron chi connectivity index (χ1n) is 5.02. The maximum atomic E-state index is 4.14. The van der Waals surface area contributed by atoms with Crippen LogP contribution in [0.15, 0.2) is 36.5 Å². The maximum absolute atomic E-state index is 4.14. The summed E-state index contributed by atoms with van der Waals surface area (Å²) in [5, 5.41) is 0. The van der Waals surface area contributed by atoms with E-state index < -0.39 is 0 Å². The minimum atomic E-state index is 0.196. The molecule has 0 amide bonds. The van der Waals surface area contributed by atoms with Crippen molar-refractivity contribution in [3.63, 3.8) is 0 Å². The van der Waals surface area contributed by atoms with E-state index >= 15 is 0 Å². The Hall–Kier alpha value is -0.780. The Bertz CT molecular complexity index is 304. The molecule has 0 nitrogen and oxygen atoms in total. The molecule has 0 fully saturated rings. The van der Waals surface area contributed by atoms with Gasteiger partial charge in [-0.3, -0.25) is 0 Å². The van der Waals surface area contributed by atoms with Crippen molar-refractivity contribution in [3.8, 4) is 0 Å². The summed E-state index contributed by atoms with van der Waals surface area (Å²) in [5.74, 6) is 0.637. The zero-order valence-corrected chi connectivity index (χ0v) is 8.80. The fourth-order valence-corrected chi connectivity index (χ4v) is 2.81. The van der Waals surface area contributed by atoms with E-state index in [-0.39, 0.29) is 5.41 Å². The second kappa shape index (κ2) is 2.37. The van der Waals surface area contributed by atoms with Crippen LogP contribution in [0.2, 0.25) is 0 Å². The Morgan fingerprint density at radius 1 is 1.38 bits per heavy atom. The largest absolute Gasteiger partial charge is 0.0949 e. The van der Waals surface area contributed by atoms with E-state index in [1.165, 1.54) is 12.0 Å². The van der Waals surface area contributed by atoms with E-state index in [4.69, 9.17) is 0 Å². The maximum Gasteiger partial charge on any atom is 0.0166 e. The van der Waals surface area contributed by atoms with Gasteiger partial charge in [0.05, 0.1) is 0 Å². The first-order valence-corrected chi connectivity index (χ1v) is 5.02. The molecule has 0 aromatic carbocycles. The smallest absolute Gasteiger partial charge is 0.0166 e. The minimum Gasteiger partial charge on any atom is -0.0949 e. The van der Waals surface area contributed by atoms with Crippen molar-refractivity contribution in [2.45, 2.75) is 27.2 Å². The number of rotatable bonds is 0. The monoisotopic (exact) mass is 174 g/mol. The summed E-state index contributed by atoms with van der Waals surface area (Å²) in [6.45, 7) is 11.1. The van der Waals surface area contributed by atoms with Gasteiger partial charge in [-0.25, -0.2) is 0 Å². The molecule has 0 aromatic heterocycles. The highest BCUT2D eigenvalue weighted by atomic mass is 14.5. The number of fused-ring (bicyclic) bond motifs is 1. The summed E-state index contributed by atoms with van der Waals surface area (Å²) in [6, 6.07) is 0. The molecule has 0 heterocycles. The summed E-state index contributed by atoms with van der Waals surface area (Å²) >= 11 is 0. The standard InChI is InChI=1S/C13H18/c1-10-6-7-11-12(2,3)8-5-9-13(10,11)4/h5-7,9,11H,1,8H2,2-4H3. The Morgan fingerprint density at radius 3 is 2.69 bits per heavy atom. The predicted octanol–water partition coefficient (Wildman–Crippen LogP) is 3.72. The molecule has 0 N–H and O–H groups in total. The molecular formula is C13H18. The topological polar surface area (TPSA) is 0 Å². The first-order chi connectivity index (χ1) is 5.97. The van der Waals surface area contributed by atoms with Gasteiger partial charge in [0.25, 0.3) is 0 Å². The molecule has 0 bridgehead atoms. The summed E-state index contributed by atoms with van der Waals surface area (Å²) in [4.78, 5) is 0. The Balaban J connectivity index is 2.49. The van der Waals surface area contributed by atoms with Crippen LogP contribution in [0.5, 0.6) is 0 Å². The van der Waals surface area contributed by atoms with Crippen LogP contribution >= 0.6 is 0 Å². The van der Waals surface area contributed by atoms with Gasteiger partial charge in [0, 0.05) is 5.41 Å². The molecule has 2 atom stereocenters. The molecule has 0 saturated heterocycles. The summed E-state index contributed by atoms with van der Waals surface area (Å²) in [6.07, 6.45) is 10.4. The van der Waals surface area contributed by atoms with Crippen LogP contribution in [0.4, 0.5) is 0 Å². The molecule has 0 spiro atoms. The lowest BCUT2D eigenvalue weighted by Crippen LogP contribution is -2.36. The third-order valence-corrected chi connectivity index (χ3v) is 3.78. The predicted molar refractivity (Wildman–Crippen MR) is 57.4 cm³/mol. The molecule has 0 aliphatic heterocycles. The molecule has 0 aromatic rings. The Labute approximate surface area is 81.0 Å². The third-order valence-electron chi connectivity index (χ3n) is 3.78. The van der Waals surface area contributed by atoms with E-state index in [2.05, 4.69) is 51.7 Å². The van der Waals surface area contributed by atoms with Gasteiger partial charge in [0.15, 0.2) is 0 Å². The molecule has 2 rings (SSSR count). The van der Waals surface area contributed by atoms with Crippen molar-refractivity contribution >= 4 is 0 Å². The molecule has 2 aliphatic rings. The van der Waals surface area contributed by atoms with E-state index in [1.54, 1.807) is 0 Å². The first kappa shape index (κ1) is 8.80. The lowest BCUT2D eigenvalue weighted by molar-refractivity contribution is 0.165. The van der Waals surface area contributed by atoms with Crippen LogP contribution in [0, 0.1) is 16.7 Å². The average Bonchev–Trinajstić information content (AvgIpc) is 2.29. The van der Waals surface area contributed by atoms with Crippen LogP contribution in [0.3, 0.4) is 0 Å². The quantitative estimate of drug-likeness (QED) is 0.491. The molecule has 0 heteroatoms. The Morgan fingerprint density at radius 2 is 2.08 bits per heavy atom. The number of allylic oxidation sites excluding steroid dienone is 5. The van der Waals surface area contributed by atoms with E-state index in [0.717, 1.165) is 0 Å². The second-order valence-electron chi connectivity index (χ2n) is 5.24. The van der Waals surface area contributed by atoms with Gasteiger partial charge in [-0.2, -0.15) is 0 Å². The van der Waals surface area contributed by atoms with E-state index in [1.807, 2.05) is 0 Å². The summed E-state index contributed by atoms with van der Waals surface area (Å²) in [5.41, 5.74) is 1.85. The van der Waals surface area contributed by atoms with Crippen LogP contribution in [0.25, 0.3) is 0 Å². The van der Waals surface area contributed by atoms with Gasteiger partial charge in [0.1, 0.15) is 0 Å². The van der Waals surface area contributed by atoms with Gasteiger partial charge in [0.2, 0.25) is 0 Å². The normalized spacial score (nSPS) is 40.8. The number of hydrogen-bond acceptors (Lipinski definition) is 0. The van der Waals surface area contributed by atoms with Gasteiger partial charge < -0.3 is 0 Å². The molecular weight excluding hydrogens is 156 g/mol. The fraction of sp³-hybridized carbons (Fsp3) is 0.538. The molecule has 0 saturated carbocycles. The van der Waals surface area contributed by atoms with Crippen LogP contribution < -0.4 is 0 Å². The fourth-order valence-electron chi connectivity index (χ4n) is 2.81. The highest BCUT2D eigenvalue weighted by Crippen LogP contribution is 2.55. The summed E-state index contributed by atoms with van der Waals surface area (Å²) < 4.78 is 0. The van der Waals surface area contributed by atoms with Gasteiger partial charge in [-0.15, -0.1) is 0 Å². The van der Waals surface area contributed by atoms with Crippen molar-refractivity contribution in [2.75, 3.05) is 0 Å². The zero-order valence-electron chi connectivity index (χ0n) is 8.80. The minimum absolute atomic E-state index is 0.196. The van der Waals surface area contributed by atoms with E-state index in [9.17, 15) is 0 Å². The van der Waals surface area contributed by atoms with Crippen LogP contribution in [0.1, 0.15) is 27.2 Å². The van der Waals surface area contributed by atoms with Crippen molar-refractivity contribution in [1.29, 1.82) is 0 Å². The lowest BCUT2D eigenvalue weighted by atomic mass is 9.60. The number of hydrogen-bond donors (Lipinski definition) is 0. The molecule has 2 aliphatic carbocycles. The van der Waals surface area contributed by atoms with Crippen molar-refractivity contribution < 1.29 is 0 Å². The van der Waals surface area contributed by atoms with Crippen LogP contribution in [-0.2, 0) is 0 Å². The van der Waals surface area contributed by atoms with Gasteiger partial charge in [-0.1, -0.05) is 51.7 Å². The van der Waals surface area contributed by atoms with Crippen molar-refractivity contribution in [1.82, 2.24) is 0 Å². The third kappa shape index (κ3) is 1.04. The second-order valence-corrected chi connectivity index (χ2v) is 5.24. The van der Waals surface area contributed by atoms with Crippen molar-refractivity contribution in [2.24, 2.45) is 16.7 Å². The van der Waals surface area contributed by atoms with Crippen molar-refractivity contribution in [3.05, 3.63) is 36.5 Å². The van der Waals surface area contributed by atoms with Gasteiger partial charge in [-0.05, 0) is 23.3 Å². The average molecular weight is 174 g/mol. The molecule has 2 unspecified atom stereocenters. The Kier molecular flexibility index (Phi) is 1.61. The highest BCUT2D eigenvalue weighted by Gasteiger charge is 2.46. The summed E-state index contributed by atoms with van der Waals surface area (Å²) in [7, 11) is 0. The van der Waals surface area contributed by atoms with Gasteiger partial charge >= 0.3 is 0 Å². The van der Waals surface area contributed by atoms with E-state index in [0.29, 0.717) is 11.3 Å². The molecule has 70 valence electrons. The lowest BCUT2D eigenvalue weighted by Gasteiger charge is -2.43. The zero-order chi connectivity index (χ0) is 9.69. The molecule has 13 heavy (non-hydrogen) atoms. The molecule has 0 radical (unpaired) electrons.